The van der Waals surface area contributed by atoms with Gasteiger partial charge in [0.05, 0.1) is 0 Å². The van der Waals surface area contributed by atoms with Gasteiger partial charge in [0.25, 0.3) is 0 Å². The van der Waals surface area contributed by atoms with Gasteiger partial charge < -0.3 is 0 Å². The predicted octanol–water partition coefficient (Wildman–Crippen LogP) is 5.27. The molecule has 1 fully saturated rings. The molecule has 1 unspecified atom stereocenters. The maximum atomic E-state index is 2.35. The van der Waals surface area contributed by atoms with E-state index in [0.29, 0.717) is 10.9 Å². The fourth-order valence-electron chi connectivity index (χ4n) is 2.54. The first-order valence-electron chi connectivity index (χ1n) is 7.46. The first-order chi connectivity index (χ1) is 8.74. The van der Waals surface area contributed by atoms with Crippen LogP contribution in [-0.2, 0) is 10.9 Å². The highest BCUT2D eigenvalue weighted by molar-refractivity contribution is 7.97. The maximum Gasteiger partial charge on any atom is 0.143 e. The van der Waals surface area contributed by atoms with E-state index < -0.39 is 0 Å². The Morgan fingerprint density at radius 3 is 2.11 bits per heavy atom. The van der Waals surface area contributed by atoms with Crippen molar-refractivity contribution in [3.8, 4) is 0 Å². The number of aryl methyl sites for hydroxylation is 1. The van der Waals surface area contributed by atoms with Crippen molar-refractivity contribution in [3.05, 3.63) is 35.4 Å². The van der Waals surface area contributed by atoms with Crippen molar-refractivity contribution in [1.29, 1.82) is 0 Å². The highest BCUT2D eigenvalue weighted by Gasteiger charge is 2.34. The lowest BCUT2D eigenvalue weighted by Crippen LogP contribution is -2.15. The summed E-state index contributed by atoms with van der Waals surface area (Å²) < 4.78 is 0. The molecule has 2 rings (SSSR count). The summed E-state index contributed by atoms with van der Waals surface area (Å²) >= 11 is 0. The van der Waals surface area contributed by atoms with Gasteiger partial charge in [-0.3, -0.25) is 0 Å². The highest BCUT2D eigenvalue weighted by atomic mass is 32.2. The molecule has 1 heteroatoms. The molecule has 1 saturated heterocycles. The molecule has 102 valence electrons. The van der Waals surface area contributed by atoms with Crippen molar-refractivity contribution >= 4 is 10.9 Å². The van der Waals surface area contributed by atoms with E-state index in [0.717, 1.165) is 5.25 Å². The summed E-state index contributed by atoms with van der Waals surface area (Å²) in [5.74, 6) is 2.96. The molecule has 0 amide bonds. The molecule has 1 atom stereocenters. The molecule has 0 aliphatic carbocycles. The number of benzene rings is 1. The van der Waals surface area contributed by atoms with Crippen LogP contribution in [-0.4, -0.2) is 11.5 Å². The van der Waals surface area contributed by atoms with E-state index >= 15 is 0 Å². The molecule has 0 N–H and O–H groups in total. The van der Waals surface area contributed by atoms with Crippen LogP contribution in [0, 0.1) is 6.92 Å². The fraction of sp³-hybridized carbons (Fsp3) is 0.647. The van der Waals surface area contributed by atoms with Gasteiger partial charge in [0, 0.05) is 5.56 Å². The van der Waals surface area contributed by atoms with Crippen LogP contribution in [0.4, 0.5) is 0 Å². The largest absolute Gasteiger partial charge is 0.143 e. The standard InChI is InChI=1S/C14H21S.C3H8/c1-3-14(15-10-6-7-11-15)13-9-5-4-8-12(13)2;1-3-2/h4-5,8-9,14H,3,6-7,10-11H2,1-2H3;3H2,1-2H3/q+1;. The summed E-state index contributed by atoms with van der Waals surface area (Å²) in [6.45, 7) is 8.86. The smallest absolute Gasteiger partial charge is 0.0656 e. The molecular weight excluding hydrogens is 236 g/mol. The minimum absolute atomic E-state index is 0.674. The average Bonchev–Trinajstić information content (AvgIpc) is 2.87. The van der Waals surface area contributed by atoms with Gasteiger partial charge in [-0.2, -0.15) is 0 Å². The third-order valence-electron chi connectivity index (χ3n) is 3.37. The van der Waals surface area contributed by atoms with Crippen LogP contribution in [0.2, 0.25) is 0 Å². The summed E-state index contributed by atoms with van der Waals surface area (Å²) in [7, 11) is 0.674. The summed E-state index contributed by atoms with van der Waals surface area (Å²) in [5, 5.41) is 0.841. The second-order valence-electron chi connectivity index (χ2n) is 5.11. The second kappa shape index (κ2) is 8.63. The summed E-state index contributed by atoms with van der Waals surface area (Å²) in [5.41, 5.74) is 3.11. The quantitative estimate of drug-likeness (QED) is 0.653. The van der Waals surface area contributed by atoms with Crippen molar-refractivity contribution in [1.82, 2.24) is 0 Å². The fourth-order valence-corrected chi connectivity index (χ4v) is 5.56. The Morgan fingerprint density at radius 2 is 1.61 bits per heavy atom. The summed E-state index contributed by atoms with van der Waals surface area (Å²) in [6.07, 6.45) is 5.49. The Labute approximate surface area is 117 Å². The van der Waals surface area contributed by atoms with E-state index in [1.807, 2.05) is 0 Å². The molecule has 1 aromatic rings. The zero-order chi connectivity index (χ0) is 13.4. The lowest BCUT2D eigenvalue weighted by atomic mass is 10.0. The maximum absolute atomic E-state index is 2.35. The van der Waals surface area contributed by atoms with Crippen LogP contribution in [0.5, 0.6) is 0 Å². The van der Waals surface area contributed by atoms with Gasteiger partial charge >= 0.3 is 0 Å². The molecule has 0 bridgehead atoms. The van der Waals surface area contributed by atoms with E-state index in [1.54, 1.807) is 5.56 Å². The highest BCUT2D eigenvalue weighted by Crippen LogP contribution is 2.34. The molecule has 18 heavy (non-hydrogen) atoms. The van der Waals surface area contributed by atoms with Crippen molar-refractivity contribution in [2.24, 2.45) is 0 Å². The van der Waals surface area contributed by atoms with Gasteiger partial charge in [0.2, 0.25) is 0 Å². The van der Waals surface area contributed by atoms with Crippen LogP contribution in [0.1, 0.15) is 62.8 Å². The molecule has 0 spiro atoms. The SMILES string of the molecule is CCC.CCC(c1ccccc1C)[S+]1CCCC1. The van der Waals surface area contributed by atoms with Crippen LogP contribution in [0.25, 0.3) is 0 Å². The molecule has 1 aromatic carbocycles. The van der Waals surface area contributed by atoms with E-state index in [4.69, 9.17) is 0 Å². The minimum Gasteiger partial charge on any atom is -0.0656 e. The lowest BCUT2D eigenvalue weighted by Gasteiger charge is -2.16. The van der Waals surface area contributed by atoms with E-state index in [-0.39, 0.29) is 0 Å². The first-order valence-corrected chi connectivity index (χ1v) is 9.08. The molecular formula is C17H29S+. The first kappa shape index (κ1) is 15.6. The van der Waals surface area contributed by atoms with Gasteiger partial charge in [-0.25, -0.2) is 0 Å². The van der Waals surface area contributed by atoms with Crippen molar-refractivity contribution in [2.75, 3.05) is 11.5 Å². The van der Waals surface area contributed by atoms with E-state index in [9.17, 15) is 0 Å². The Bertz CT molecular complexity index is 326. The normalized spacial score (nSPS) is 17.1. The third-order valence-corrected chi connectivity index (χ3v) is 6.39. The van der Waals surface area contributed by atoms with Crippen molar-refractivity contribution in [2.45, 2.75) is 58.6 Å². The summed E-state index contributed by atoms with van der Waals surface area (Å²) in [4.78, 5) is 0. The molecule has 0 radical (unpaired) electrons. The molecule has 0 aromatic heterocycles. The average molecular weight is 265 g/mol. The monoisotopic (exact) mass is 265 g/mol. The third kappa shape index (κ3) is 4.35. The molecule has 1 aliphatic heterocycles. The Balaban J connectivity index is 0.000000492. The molecule has 1 heterocycles. The second-order valence-corrected chi connectivity index (χ2v) is 7.57. The summed E-state index contributed by atoms with van der Waals surface area (Å²) in [6, 6.07) is 8.96. The number of rotatable bonds is 3. The van der Waals surface area contributed by atoms with Crippen LogP contribution >= 0.6 is 0 Å². The predicted molar refractivity (Wildman–Crippen MR) is 86.5 cm³/mol. The van der Waals surface area contributed by atoms with Gasteiger partial charge in [0.1, 0.15) is 16.8 Å². The topological polar surface area (TPSA) is 0 Å². The van der Waals surface area contributed by atoms with E-state index in [1.165, 1.54) is 42.8 Å². The molecule has 0 nitrogen and oxygen atoms in total. The molecule has 1 aliphatic rings. The Hall–Kier alpha value is -0.430. The van der Waals surface area contributed by atoms with Gasteiger partial charge in [-0.05, 0) is 42.6 Å². The Kier molecular flexibility index (Phi) is 7.50. The van der Waals surface area contributed by atoms with Crippen LogP contribution in [0.3, 0.4) is 0 Å². The zero-order valence-electron chi connectivity index (χ0n) is 12.5. The van der Waals surface area contributed by atoms with Crippen molar-refractivity contribution in [3.63, 3.8) is 0 Å². The van der Waals surface area contributed by atoms with Gasteiger partial charge in [0.15, 0.2) is 0 Å². The number of hydrogen-bond donors (Lipinski definition) is 0. The Morgan fingerprint density at radius 1 is 1.06 bits per heavy atom. The van der Waals surface area contributed by atoms with Crippen molar-refractivity contribution < 1.29 is 0 Å². The zero-order valence-corrected chi connectivity index (χ0v) is 13.4. The van der Waals surface area contributed by atoms with Crippen LogP contribution < -0.4 is 0 Å². The molecule has 0 saturated carbocycles. The van der Waals surface area contributed by atoms with Gasteiger partial charge in [-0.15, -0.1) is 0 Å². The lowest BCUT2D eigenvalue weighted by molar-refractivity contribution is 0.878. The van der Waals surface area contributed by atoms with Crippen LogP contribution in [0.15, 0.2) is 24.3 Å². The minimum atomic E-state index is 0.674. The number of hydrogen-bond acceptors (Lipinski definition) is 0. The van der Waals surface area contributed by atoms with Gasteiger partial charge in [-0.1, -0.05) is 51.5 Å². The van der Waals surface area contributed by atoms with E-state index in [2.05, 4.69) is 52.0 Å².